The molecule has 0 unspecified atom stereocenters. The zero-order chi connectivity index (χ0) is 15.2. The van der Waals surface area contributed by atoms with Gasteiger partial charge >= 0.3 is 0 Å². The van der Waals surface area contributed by atoms with E-state index >= 15 is 0 Å². The average molecular weight is 286 g/mol. The first-order chi connectivity index (χ1) is 10.2. The van der Waals surface area contributed by atoms with Crippen LogP contribution in [0, 0.1) is 24.7 Å². The Hall–Kier alpha value is -1.83. The van der Waals surface area contributed by atoms with Crippen LogP contribution in [-0.4, -0.2) is 42.2 Å². The van der Waals surface area contributed by atoms with Gasteiger partial charge in [-0.3, -0.25) is 4.79 Å². The second kappa shape index (κ2) is 7.26. The van der Waals surface area contributed by atoms with Crippen molar-refractivity contribution in [2.75, 3.05) is 26.2 Å². The Morgan fingerprint density at radius 3 is 2.76 bits per heavy atom. The highest BCUT2D eigenvalue weighted by Crippen LogP contribution is 2.21. The molecule has 0 spiro atoms. The van der Waals surface area contributed by atoms with E-state index < -0.39 is 0 Å². The summed E-state index contributed by atoms with van der Waals surface area (Å²) in [5.41, 5.74) is 7.88. The van der Waals surface area contributed by atoms with Gasteiger partial charge in [0.05, 0.1) is 6.54 Å². The number of hydrogen-bond donors (Lipinski definition) is 2. The number of rotatable bonds is 2. The molecule has 1 heterocycles. The molecule has 21 heavy (non-hydrogen) atoms. The topological polar surface area (TPSA) is 66.6 Å². The van der Waals surface area contributed by atoms with E-state index in [2.05, 4.69) is 11.8 Å². The third-order valence-electron chi connectivity index (χ3n) is 4.05. The first-order valence-corrected chi connectivity index (χ1v) is 7.36. The Morgan fingerprint density at radius 2 is 2.14 bits per heavy atom. The Labute approximate surface area is 125 Å². The number of aliphatic hydroxyl groups excluding tert-OH is 1. The van der Waals surface area contributed by atoms with Gasteiger partial charge in [-0.2, -0.15) is 0 Å². The maximum absolute atomic E-state index is 12.6. The summed E-state index contributed by atoms with van der Waals surface area (Å²) >= 11 is 0. The molecule has 0 bridgehead atoms. The van der Waals surface area contributed by atoms with Crippen molar-refractivity contribution in [3.8, 4) is 11.8 Å². The molecule has 1 fully saturated rings. The number of likely N-dealkylation sites (tertiary alicyclic amines) is 1. The molecule has 0 saturated carbocycles. The van der Waals surface area contributed by atoms with Crippen LogP contribution in [0.1, 0.15) is 34.3 Å². The second-order valence-corrected chi connectivity index (χ2v) is 5.40. The minimum absolute atomic E-state index is 0.0558. The number of benzene rings is 1. The monoisotopic (exact) mass is 286 g/mol. The second-order valence-electron chi connectivity index (χ2n) is 5.40. The van der Waals surface area contributed by atoms with Gasteiger partial charge in [0.2, 0.25) is 0 Å². The van der Waals surface area contributed by atoms with Crippen molar-refractivity contribution in [3.05, 3.63) is 34.9 Å². The van der Waals surface area contributed by atoms with Crippen molar-refractivity contribution in [1.29, 1.82) is 0 Å². The zero-order valence-electron chi connectivity index (χ0n) is 12.4. The van der Waals surface area contributed by atoms with Crippen LogP contribution in [0.5, 0.6) is 0 Å². The lowest BCUT2D eigenvalue weighted by Crippen LogP contribution is -2.39. The Morgan fingerprint density at radius 1 is 1.43 bits per heavy atom. The van der Waals surface area contributed by atoms with Crippen LogP contribution in [-0.2, 0) is 0 Å². The maximum atomic E-state index is 12.6. The summed E-state index contributed by atoms with van der Waals surface area (Å²) in [7, 11) is 0. The first kappa shape index (κ1) is 15.6. The molecule has 0 aliphatic carbocycles. The highest BCUT2D eigenvalue weighted by molar-refractivity contribution is 5.96. The van der Waals surface area contributed by atoms with Crippen LogP contribution < -0.4 is 5.73 Å². The zero-order valence-corrected chi connectivity index (χ0v) is 12.4. The number of nitrogens with two attached hydrogens (primary N) is 1. The quantitative estimate of drug-likeness (QED) is 0.802. The molecule has 1 aliphatic rings. The number of amides is 1. The lowest BCUT2D eigenvalue weighted by molar-refractivity contribution is 0.0650. The Balaban J connectivity index is 2.16. The van der Waals surface area contributed by atoms with Crippen molar-refractivity contribution in [3.63, 3.8) is 0 Å². The van der Waals surface area contributed by atoms with Crippen molar-refractivity contribution in [2.45, 2.75) is 19.8 Å². The lowest BCUT2D eigenvalue weighted by atomic mass is 9.96. The summed E-state index contributed by atoms with van der Waals surface area (Å²) in [6, 6.07) is 5.62. The number of nitrogens with zero attached hydrogens (tertiary/aromatic N) is 1. The SMILES string of the molecule is Cc1c(C#CCN)cccc1C(=O)N1CCC(CO)CC1. The summed E-state index contributed by atoms with van der Waals surface area (Å²) in [5, 5.41) is 9.17. The molecule has 1 aromatic rings. The van der Waals surface area contributed by atoms with Gasteiger partial charge in [-0.1, -0.05) is 17.9 Å². The van der Waals surface area contributed by atoms with E-state index in [9.17, 15) is 4.79 Å². The molecule has 0 atom stereocenters. The van der Waals surface area contributed by atoms with Gasteiger partial charge in [0.25, 0.3) is 5.91 Å². The third-order valence-corrected chi connectivity index (χ3v) is 4.05. The molecule has 1 aromatic carbocycles. The van der Waals surface area contributed by atoms with Crippen LogP contribution in [0.2, 0.25) is 0 Å². The fourth-order valence-electron chi connectivity index (χ4n) is 2.64. The van der Waals surface area contributed by atoms with E-state index in [4.69, 9.17) is 10.8 Å². The van der Waals surface area contributed by atoms with E-state index in [1.165, 1.54) is 0 Å². The number of carbonyl (C=O) groups is 1. The Bertz CT molecular complexity index is 564. The maximum Gasteiger partial charge on any atom is 0.254 e. The van der Waals surface area contributed by atoms with Crippen molar-refractivity contribution in [1.82, 2.24) is 4.90 Å². The molecule has 1 amide bonds. The van der Waals surface area contributed by atoms with E-state index in [0.29, 0.717) is 31.1 Å². The molecule has 0 aromatic heterocycles. The molecule has 1 saturated heterocycles. The van der Waals surface area contributed by atoms with Gasteiger partial charge in [0.1, 0.15) is 0 Å². The standard InChI is InChI=1S/C17H22N2O2/c1-13-15(5-3-9-18)4-2-6-16(13)17(21)19-10-7-14(12-20)8-11-19/h2,4,6,14,20H,7-12,18H2,1H3. The van der Waals surface area contributed by atoms with E-state index in [1.54, 1.807) is 0 Å². The van der Waals surface area contributed by atoms with Gasteiger partial charge in [0.15, 0.2) is 0 Å². The minimum atomic E-state index is 0.0558. The van der Waals surface area contributed by atoms with Gasteiger partial charge < -0.3 is 15.7 Å². The van der Waals surface area contributed by atoms with Crippen molar-refractivity contribution >= 4 is 5.91 Å². The summed E-state index contributed by atoms with van der Waals surface area (Å²) < 4.78 is 0. The summed E-state index contributed by atoms with van der Waals surface area (Å²) in [4.78, 5) is 14.5. The van der Waals surface area contributed by atoms with Gasteiger partial charge in [-0.05, 0) is 43.4 Å². The predicted octanol–water partition coefficient (Wildman–Crippen LogP) is 1.15. The number of carbonyl (C=O) groups excluding carboxylic acids is 1. The molecule has 112 valence electrons. The molecule has 1 aliphatic heterocycles. The summed E-state index contributed by atoms with van der Waals surface area (Å²) in [5.74, 6) is 6.22. The minimum Gasteiger partial charge on any atom is -0.396 e. The van der Waals surface area contributed by atoms with Gasteiger partial charge in [-0.25, -0.2) is 0 Å². The van der Waals surface area contributed by atoms with Crippen LogP contribution in [0.15, 0.2) is 18.2 Å². The van der Waals surface area contributed by atoms with Crippen LogP contribution >= 0.6 is 0 Å². The Kier molecular flexibility index (Phi) is 5.38. The molecule has 4 nitrogen and oxygen atoms in total. The highest BCUT2D eigenvalue weighted by Gasteiger charge is 2.24. The highest BCUT2D eigenvalue weighted by atomic mass is 16.3. The van der Waals surface area contributed by atoms with E-state index in [1.807, 2.05) is 30.0 Å². The summed E-state index contributed by atoms with van der Waals surface area (Å²) in [6.45, 7) is 3.87. The molecular formula is C17H22N2O2. The van der Waals surface area contributed by atoms with Gasteiger partial charge in [0, 0.05) is 30.8 Å². The fraction of sp³-hybridized carbons (Fsp3) is 0.471. The average Bonchev–Trinajstić information content (AvgIpc) is 2.53. The van der Waals surface area contributed by atoms with Crippen LogP contribution in [0.4, 0.5) is 0 Å². The van der Waals surface area contributed by atoms with E-state index in [0.717, 1.165) is 24.0 Å². The smallest absolute Gasteiger partial charge is 0.254 e. The summed E-state index contributed by atoms with van der Waals surface area (Å²) in [6.07, 6.45) is 1.74. The molecule has 2 rings (SSSR count). The third kappa shape index (κ3) is 3.63. The first-order valence-electron chi connectivity index (χ1n) is 7.36. The van der Waals surface area contributed by atoms with Crippen LogP contribution in [0.25, 0.3) is 0 Å². The normalized spacial score (nSPS) is 15.5. The molecule has 4 heteroatoms. The number of piperidine rings is 1. The van der Waals surface area contributed by atoms with Crippen molar-refractivity contribution < 1.29 is 9.90 Å². The number of hydrogen-bond acceptors (Lipinski definition) is 3. The predicted molar refractivity (Wildman–Crippen MR) is 82.8 cm³/mol. The number of aliphatic hydroxyl groups is 1. The molecule has 0 radical (unpaired) electrons. The van der Waals surface area contributed by atoms with Gasteiger partial charge in [-0.15, -0.1) is 0 Å². The fourth-order valence-corrected chi connectivity index (χ4v) is 2.64. The van der Waals surface area contributed by atoms with E-state index in [-0.39, 0.29) is 12.5 Å². The molecular weight excluding hydrogens is 264 g/mol. The largest absolute Gasteiger partial charge is 0.396 e. The molecule has 3 N–H and O–H groups in total. The van der Waals surface area contributed by atoms with Crippen LogP contribution in [0.3, 0.4) is 0 Å². The lowest BCUT2D eigenvalue weighted by Gasteiger charge is -2.31. The van der Waals surface area contributed by atoms with Crippen molar-refractivity contribution in [2.24, 2.45) is 11.7 Å².